The van der Waals surface area contributed by atoms with E-state index in [9.17, 15) is 8.42 Å². The molecule has 0 saturated heterocycles. The predicted molar refractivity (Wildman–Crippen MR) is 96.8 cm³/mol. The number of para-hydroxylation sites is 3. The summed E-state index contributed by atoms with van der Waals surface area (Å²) in [4.78, 5) is 0.138. The summed E-state index contributed by atoms with van der Waals surface area (Å²) in [6.45, 7) is 0. The number of methoxy groups -OCH3 is 1. The van der Waals surface area contributed by atoms with Gasteiger partial charge in [0.15, 0.2) is 0 Å². The van der Waals surface area contributed by atoms with E-state index in [-0.39, 0.29) is 4.90 Å². The Balaban J connectivity index is 1.78. The van der Waals surface area contributed by atoms with Crippen molar-refractivity contribution < 1.29 is 17.9 Å². The van der Waals surface area contributed by atoms with Gasteiger partial charge < -0.3 is 9.47 Å². The molecule has 0 atom stereocenters. The molecule has 0 aromatic heterocycles. The Morgan fingerprint density at radius 3 is 2.04 bits per heavy atom. The van der Waals surface area contributed by atoms with Gasteiger partial charge in [0.05, 0.1) is 17.7 Å². The second kappa shape index (κ2) is 7.27. The highest BCUT2D eigenvalue weighted by atomic mass is 32.2. The Labute approximate surface area is 146 Å². The lowest BCUT2D eigenvalue weighted by atomic mass is 10.3. The molecule has 0 unspecified atom stereocenters. The molecule has 0 radical (unpaired) electrons. The smallest absolute Gasteiger partial charge is 0.262 e. The highest BCUT2D eigenvalue weighted by molar-refractivity contribution is 7.92. The van der Waals surface area contributed by atoms with Crippen LogP contribution in [0.2, 0.25) is 0 Å². The molecule has 0 aliphatic heterocycles. The van der Waals surface area contributed by atoms with Crippen LogP contribution in [0.3, 0.4) is 0 Å². The SMILES string of the molecule is COc1ccccc1NS(=O)(=O)c1ccc(Oc2ccccc2)cc1. The maximum atomic E-state index is 12.5. The topological polar surface area (TPSA) is 64.6 Å². The van der Waals surface area contributed by atoms with Crippen LogP contribution in [-0.2, 0) is 10.0 Å². The third kappa shape index (κ3) is 4.10. The molecule has 0 fully saturated rings. The maximum absolute atomic E-state index is 12.5. The Morgan fingerprint density at radius 2 is 1.36 bits per heavy atom. The largest absolute Gasteiger partial charge is 0.495 e. The van der Waals surface area contributed by atoms with E-state index in [2.05, 4.69) is 4.72 Å². The number of ether oxygens (including phenoxy) is 2. The quantitative estimate of drug-likeness (QED) is 0.716. The zero-order chi connectivity index (χ0) is 17.7. The lowest BCUT2D eigenvalue weighted by molar-refractivity contribution is 0.417. The van der Waals surface area contributed by atoms with E-state index >= 15 is 0 Å². The fourth-order valence-electron chi connectivity index (χ4n) is 2.24. The molecule has 25 heavy (non-hydrogen) atoms. The first-order chi connectivity index (χ1) is 12.1. The number of hydrogen-bond acceptors (Lipinski definition) is 4. The summed E-state index contributed by atoms with van der Waals surface area (Å²) >= 11 is 0. The van der Waals surface area contributed by atoms with E-state index in [1.54, 1.807) is 36.4 Å². The minimum absolute atomic E-state index is 0.138. The molecule has 0 spiro atoms. The van der Waals surface area contributed by atoms with E-state index in [1.807, 2.05) is 30.3 Å². The Morgan fingerprint density at radius 1 is 0.760 bits per heavy atom. The van der Waals surface area contributed by atoms with Crippen LogP contribution >= 0.6 is 0 Å². The van der Waals surface area contributed by atoms with E-state index < -0.39 is 10.0 Å². The summed E-state index contributed by atoms with van der Waals surface area (Å²) in [7, 11) is -2.23. The maximum Gasteiger partial charge on any atom is 0.262 e. The molecule has 3 rings (SSSR count). The Hall–Kier alpha value is -2.99. The average molecular weight is 355 g/mol. The van der Waals surface area contributed by atoms with Crippen LogP contribution < -0.4 is 14.2 Å². The Kier molecular flexibility index (Phi) is 4.90. The van der Waals surface area contributed by atoms with Crippen LogP contribution in [0.15, 0.2) is 83.8 Å². The molecule has 0 saturated carbocycles. The highest BCUT2D eigenvalue weighted by Crippen LogP contribution is 2.27. The van der Waals surface area contributed by atoms with Gasteiger partial charge >= 0.3 is 0 Å². The second-order valence-electron chi connectivity index (χ2n) is 5.19. The molecule has 3 aromatic rings. The van der Waals surface area contributed by atoms with Crippen molar-refractivity contribution in [2.45, 2.75) is 4.90 Å². The van der Waals surface area contributed by atoms with Gasteiger partial charge in [-0.3, -0.25) is 4.72 Å². The second-order valence-corrected chi connectivity index (χ2v) is 6.87. The molecule has 0 amide bonds. The third-order valence-electron chi connectivity index (χ3n) is 3.46. The molecule has 3 aromatic carbocycles. The summed E-state index contributed by atoms with van der Waals surface area (Å²) in [5, 5.41) is 0. The number of anilines is 1. The van der Waals surface area contributed by atoms with Crippen LogP contribution in [0.1, 0.15) is 0 Å². The van der Waals surface area contributed by atoms with Crippen LogP contribution in [0.4, 0.5) is 5.69 Å². The van der Waals surface area contributed by atoms with E-state index in [0.717, 1.165) is 0 Å². The van der Waals surface area contributed by atoms with Gasteiger partial charge in [-0.15, -0.1) is 0 Å². The molecule has 1 N–H and O–H groups in total. The van der Waals surface area contributed by atoms with Gasteiger partial charge in [-0.25, -0.2) is 8.42 Å². The van der Waals surface area contributed by atoms with Crippen molar-refractivity contribution in [3.63, 3.8) is 0 Å². The number of sulfonamides is 1. The van der Waals surface area contributed by atoms with Gasteiger partial charge in [-0.05, 0) is 48.5 Å². The van der Waals surface area contributed by atoms with Crippen molar-refractivity contribution >= 4 is 15.7 Å². The van der Waals surface area contributed by atoms with Crippen LogP contribution in [-0.4, -0.2) is 15.5 Å². The monoisotopic (exact) mass is 355 g/mol. The van der Waals surface area contributed by atoms with Crippen molar-refractivity contribution in [3.8, 4) is 17.2 Å². The summed E-state index contributed by atoms with van der Waals surface area (Å²) in [6.07, 6.45) is 0. The molecule has 0 bridgehead atoms. The van der Waals surface area contributed by atoms with Gasteiger partial charge in [0.2, 0.25) is 0 Å². The molecule has 6 heteroatoms. The first-order valence-electron chi connectivity index (χ1n) is 7.57. The Bertz CT molecular complexity index is 939. The first-order valence-corrected chi connectivity index (χ1v) is 9.05. The van der Waals surface area contributed by atoms with Crippen molar-refractivity contribution in [2.24, 2.45) is 0 Å². The molecule has 0 aliphatic rings. The molecule has 128 valence electrons. The van der Waals surface area contributed by atoms with Crippen LogP contribution in [0.5, 0.6) is 17.2 Å². The van der Waals surface area contributed by atoms with Gasteiger partial charge in [0.1, 0.15) is 17.2 Å². The lowest BCUT2D eigenvalue weighted by Gasteiger charge is -2.12. The van der Waals surface area contributed by atoms with Crippen LogP contribution in [0, 0.1) is 0 Å². The molecular weight excluding hydrogens is 338 g/mol. The van der Waals surface area contributed by atoms with Gasteiger partial charge in [-0.1, -0.05) is 30.3 Å². The normalized spacial score (nSPS) is 10.9. The number of nitrogens with one attached hydrogen (secondary N) is 1. The standard InChI is InChI=1S/C19H17NO4S/c1-23-19-10-6-5-9-18(19)20-25(21,22)17-13-11-16(12-14-17)24-15-7-3-2-4-8-15/h2-14,20H,1H3. The third-order valence-corrected chi connectivity index (χ3v) is 4.85. The van der Waals surface area contributed by atoms with E-state index in [0.29, 0.717) is 22.9 Å². The molecule has 0 aliphatic carbocycles. The van der Waals surface area contributed by atoms with E-state index in [4.69, 9.17) is 9.47 Å². The predicted octanol–water partition coefficient (Wildman–Crippen LogP) is 4.29. The highest BCUT2D eigenvalue weighted by Gasteiger charge is 2.16. The zero-order valence-corrected chi connectivity index (χ0v) is 14.4. The van der Waals surface area contributed by atoms with Crippen molar-refractivity contribution in [1.82, 2.24) is 0 Å². The lowest BCUT2D eigenvalue weighted by Crippen LogP contribution is -2.13. The fraction of sp³-hybridized carbons (Fsp3) is 0.0526. The average Bonchev–Trinajstić information content (AvgIpc) is 2.63. The van der Waals surface area contributed by atoms with Gasteiger partial charge in [-0.2, -0.15) is 0 Å². The van der Waals surface area contributed by atoms with Crippen molar-refractivity contribution in [2.75, 3.05) is 11.8 Å². The minimum atomic E-state index is -3.72. The first kappa shape index (κ1) is 16.9. The molecule has 5 nitrogen and oxygen atoms in total. The van der Waals surface area contributed by atoms with Crippen LogP contribution in [0.25, 0.3) is 0 Å². The van der Waals surface area contributed by atoms with Gasteiger partial charge in [0, 0.05) is 0 Å². The molecular formula is C19H17NO4S. The number of rotatable bonds is 6. The van der Waals surface area contributed by atoms with Gasteiger partial charge in [0.25, 0.3) is 10.0 Å². The zero-order valence-electron chi connectivity index (χ0n) is 13.5. The van der Waals surface area contributed by atoms with Crippen molar-refractivity contribution in [3.05, 3.63) is 78.9 Å². The molecule has 0 heterocycles. The number of hydrogen-bond donors (Lipinski definition) is 1. The fourth-order valence-corrected chi connectivity index (χ4v) is 3.31. The van der Waals surface area contributed by atoms with E-state index in [1.165, 1.54) is 19.2 Å². The summed E-state index contributed by atoms with van der Waals surface area (Å²) in [5.41, 5.74) is 0.384. The summed E-state index contributed by atoms with van der Waals surface area (Å²) < 4.78 is 38.4. The minimum Gasteiger partial charge on any atom is -0.495 e. The summed E-state index contributed by atoms with van der Waals surface area (Å²) in [5.74, 6) is 1.70. The summed E-state index contributed by atoms with van der Waals surface area (Å²) in [6, 6.07) is 22.3. The number of benzene rings is 3. The van der Waals surface area contributed by atoms with Crippen molar-refractivity contribution in [1.29, 1.82) is 0 Å².